The maximum absolute atomic E-state index is 5.70. The minimum absolute atomic E-state index is 0.106. The fourth-order valence-corrected chi connectivity index (χ4v) is 2.64. The zero-order chi connectivity index (χ0) is 13.8. The van der Waals surface area contributed by atoms with E-state index in [-0.39, 0.29) is 6.29 Å². The van der Waals surface area contributed by atoms with Crippen LogP contribution in [-0.4, -0.2) is 61.8 Å². The average Bonchev–Trinajstić information content (AvgIpc) is 3.21. The molecule has 0 spiro atoms. The molecule has 1 saturated heterocycles. The van der Waals surface area contributed by atoms with Gasteiger partial charge in [-0.25, -0.2) is 0 Å². The van der Waals surface area contributed by atoms with Gasteiger partial charge in [-0.05, 0) is 26.3 Å². The molecular weight excluding hydrogens is 264 g/mol. The topological polar surface area (TPSA) is 49.5 Å². The molecule has 1 fully saturated rings. The van der Waals surface area contributed by atoms with Crippen molar-refractivity contribution in [3.63, 3.8) is 0 Å². The van der Waals surface area contributed by atoms with Gasteiger partial charge in [0.1, 0.15) is 6.10 Å². The van der Waals surface area contributed by atoms with E-state index in [1.54, 1.807) is 0 Å². The summed E-state index contributed by atoms with van der Waals surface area (Å²) in [5.74, 6) is 0. The van der Waals surface area contributed by atoms with E-state index in [4.69, 9.17) is 23.4 Å². The van der Waals surface area contributed by atoms with Gasteiger partial charge in [0.2, 0.25) is 0 Å². The van der Waals surface area contributed by atoms with E-state index < -0.39 is 9.76 Å². The smallest absolute Gasteiger partial charge is 0.161 e. The van der Waals surface area contributed by atoms with Crippen molar-refractivity contribution < 1.29 is 23.4 Å². The second kappa shape index (κ2) is 11.8. The second-order valence-corrected chi connectivity index (χ2v) is 6.00. The van der Waals surface area contributed by atoms with E-state index in [0.29, 0.717) is 19.3 Å². The van der Waals surface area contributed by atoms with Gasteiger partial charge >= 0.3 is 0 Å². The molecule has 1 heterocycles. The standard InChI is InChI=1S/C13H28O5Si/c1-3-15-13(16-4-2)6-8-18-19-9-5-7-14-10-12-11-17-12/h12-13H,3-11,19H2,1-2H3. The molecule has 0 bridgehead atoms. The molecule has 0 radical (unpaired) electrons. The lowest BCUT2D eigenvalue weighted by Gasteiger charge is -2.16. The lowest BCUT2D eigenvalue weighted by atomic mass is 10.4. The lowest BCUT2D eigenvalue weighted by molar-refractivity contribution is -0.142. The highest BCUT2D eigenvalue weighted by molar-refractivity contribution is 6.26. The zero-order valence-electron chi connectivity index (χ0n) is 12.3. The molecule has 5 nitrogen and oxygen atoms in total. The number of epoxide rings is 1. The fourth-order valence-electron chi connectivity index (χ4n) is 1.66. The van der Waals surface area contributed by atoms with Crippen LogP contribution in [0.2, 0.25) is 6.04 Å². The molecule has 1 unspecified atom stereocenters. The Hall–Kier alpha value is 0.0169. The van der Waals surface area contributed by atoms with Crippen molar-refractivity contribution >= 4 is 9.76 Å². The molecule has 0 aromatic carbocycles. The van der Waals surface area contributed by atoms with Crippen molar-refractivity contribution in [2.75, 3.05) is 39.6 Å². The first-order valence-electron chi connectivity index (χ1n) is 7.37. The summed E-state index contributed by atoms with van der Waals surface area (Å²) in [5.41, 5.74) is 0. The highest BCUT2D eigenvalue weighted by atomic mass is 28.2. The molecule has 0 saturated carbocycles. The SMILES string of the molecule is CCOC(CCO[SiH2]CCCOCC1CO1)OCC. The third-order valence-electron chi connectivity index (χ3n) is 2.74. The number of hydrogen-bond acceptors (Lipinski definition) is 5. The maximum atomic E-state index is 5.70. The van der Waals surface area contributed by atoms with Crippen LogP contribution in [0.25, 0.3) is 0 Å². The van der Waals surface area contributed by atoms with Crippen LogP contribution in [0, 0.1) is 0 Å². The fraction of sp³-hybridized carbons (Fsp3) is 1.00. The van der Waals surface area contributed by atoms with Gasteiger partial charge in [0.05, 0.1) is 13.2 Å². The summed E-state index contributed by atoms with van der Waals surface area (Å²) in [5, 5.41) is 0. The number of ether oxygens (including phenoxy) is 4. The third kappa shape index (κ3) is 10.5. The van der Waals surface area contributed by atoms with Gasteiger partial charge in [0, 0.05) is 32.8 Å². The van der Waals surface area contributed by atoms with Gasteiger partial charge in [-0.3, -0.25) is 0 Å². The lowest BCUT2D eigenvalue weighted by Crippen LogP contribution is -2.20. The number of hydrogen-bond donors (Lipinski definition) is 0. The van der Waals surface area contributed by atoms with Gasteiger partial charge in [-0.2, -0.15) is 0 Å². The van der Waals surface area contributed by atoms with Gasteiger partial charge in [0.15, 0.2) is 16.1 Å². The first-order chi connectivity index (χ1) is 9.36. The normalized spacial score (nSPS) is 18.8. The van der Waals surface area contributed by atoms with Gasteiger partial charge in [-0.15, -0.1) is 0 Å². The van der Waals surface area contributed by atoms with E-state index in [0.717, 1.165) is 39.3 Å². The minimum Gasteiger partial charge on any atom is -0.424 e. The molecular formula is C13H28O5Si. The second-order valence-electron chi connectivity index (χ2n) is 4.48. The quantitative estimate of drug-likeness (QED) is 0.208. The molecule has 0 aromatic heterocycles. The molecule has 1 aliphatic heterocycles. The summed E-state index contributed by atoms with van der Waals surface area (Å²) >= 11 is 0. The summed E-state index contributed by atoms with van der Waals surface area (Å²) in [6, 6.07) is 1.17. The largest absolute Gasteiger partial charge is 0.424 e. The molecule has 0 aromatic rings. The Morgan fingerprint density at radius 3 is 2.58 bits per heavy atom. The molecule has 19 heavy (non-hydrogen) atoms. The molecule has 1 aliphatic rings. The summed E-state index contributed by atoms with van der Waals surface area (Å²) in [6.45, 7) is 8.53. The van der Waals surface area contributed by atoms with E-state index >= 15 is 0 Å². The van der Waals surface area contributed by atoms with Crippen LogP contribution < -0.4 is 0 Å². The van der Waals surface area contributed by atoms with E-state index in [1.807, 2.05) is 13.8 Å². The monoisotopic (exact) mass is 292 g/mol. The zero-order valence-corrected chi connectivity index (χ0v) is 13.7. The Kier molecular flexibility index (Phi) is 10.6. The van der Waals surface area contributed by atoms with E-state index in [2.05, 4.69) is 0 Å². The van der Waals surface area contributed by atoms with Crippen LogP contribution in [-0.2, 0) is 23.4 Å². The molecule has 114 valence electrons. The van der Waals surface area contributed by atoms with Crippen molar-refractivity contribution in [1.29, 1.82) is 0 Å². The Bertz CT molecular complexity index is 195. The molecule has 0 N–H and O–H groups in total. The minimum atomic E-state index is -0.414. The van der Waals surface area contributed by atoms with Crippen LogP contribution in [0.5, 0.6) is 0 Å². The predicted octanol–water partition coefficient (Wildman–Crippen LogP) is 1.10. The van der Waals surface area contributed by atoms with Crippen molar-refractivity contribution in [3.8, 4) is 0 Å². The van der Waals surface area contributed by atoms with Gasteiger partial charge in [0.25, 0.3) is 0 Å². The highest BCUT2D eigenvalue weighted by Gasteiger charge is 2.21. The van der Waals surface area contributed by atoms with Crippen LogP contribution >= 0.6 is 0 Å². The summed E-state index contributed by atoms with van der Waals surface area (Å²) in [4.78, 5) is 0. The molecule has 0 amide bonds. The van der Waals surface area contributed by atoms with Crippen molar-refractivity contribution in [2.24, 2.45) is 0 Å². The average molecular weight is 292 g/mol. The molecule has 1 atom stereocenters. The van der Waals surface area contributed by atoms with Crippen molar-refractivity contribution in [3.05, 3.63) is 0 Å². The first kappa shape index (κ1) is 17.1. The predicted molar refractivity (Wildman–Crippen MR) is 76.1 cm³/mol. The van der Waals surface area contributed by atoms with Crippen LogP contribution in [0.15, 0.2) is 0 Å². The molecule has 6 heteroatoms. The van der Waals surface area contributed by atoms with Crippen LogP contribution in [0.4, 0.5) is 0 Å². The number of rotatable bonds is 14. The summed E-state index contributed by atoms with van der Waals surface area (Å²) in [7, 11) is -0.414. The van der Waals surface area contributed by atoms with E-state index in [1.165, 1.54) is 6.04 Å². The summed E-state index contributed by atoms with van der Waals surface area (Å²) in [6.07, 6.45) is 2.19. The third-order valence-corrected chi connectivity index (χ3v) is 4.10. The van der Waals surface area contributed by atoms with Crippen LogP contribution in [0.1, 0.15) is 26.7 Å². The molecule has 0 aliphatic carbocycles. The van der Waals surface area contributed by atoms with Gasteiger partial charge in [-0.1, -0.05) is 0 Å². The van der Waals surface area contributed by atoms with Crippen molar-refractivity contribution in [1.82, 2.24) is 0 Å². The Balaban J connectivity index is 1.78. The maximum Gasteiger partial charge on any atom is 0.161 e. The highest BCUT2D eigenvalue weighted by Crippen LogP contribution is 2.08. The van der Waals surface area contributed by atoms with Gasteiger partial charge < -0.3 is 23.4 Å². The first-order valence-corrected chi connectivity index (χ1v) is 8.94. The molecule has 1 rings (SSSR count). The Labute approximate surface area is 118 Å². The Morgan fingerprint density at radius 1 is 1.21 bits per heavy atom. The van der Waals surface area contributed by atoms with Crippen LogP contribution in [0.3, 0.4) is 0 Å². The van der Waals surface area contributed by atoms with E-state index in [9.17, 15) is 0 Å². The Morgan fingerprint density at radius 2 is 1.95 bits per heavy atom. The summed E-state index contributed by atoms with van der Waals surface area (Å²) < 4.78 is 27.1. The van der Waals surface area contributed by atoms with Crippen molar-refractivity contribution in [2.45, 2.75) is 45.1 Å².